The first-order chi connectivity index (χ1) is 19.3. The van der Waals surface area contributed by atoms with Gasteiger partial charge in [-0.15, -0.1) is 0 Å². The van der Waals surface area contributed by atoms with E-state index in [9.17, 15) is 27.6 Å². The Bertz CT molecular complexity index is 1210. The van der Waals surface area contributed by atoms with E-state index in [0.29, 0.717) is 36.4 Å². The number of hydrogen-bond donors (Lipinski definition) is 2. The van der Waals surface area contributed by atoms with Gasteiger partial charge in [0.1, 0.15) is 12.1 Å². The van der Waals surface area contributed by atoms with Gasteiger partial charge in [-0.2, -0.15) is 18.3 Å². The monoisotopic (exact) mass is 579 g/mol. The van der Waals surface area contributed by atoms with Crippen molar-refractivity contribution in [2.45, 2.75) is 78.2 Å². The summed E-state index contributed by atoms with van der Waals surface area (Å²) in [5.41, 5.74) is -0.0175. The molecule has 1 aliphatic rings. The number of nitrogens with one attached hydrogen (secondary N) is 2. The summed E-state index contributed by atoms with van der Waals surface area (Å²) >= 11 is 0. The lowest BCUT2D eigenvalue weighted by molar-refractivity contribution is -0.139. The number of rotatable bonds is 12. The molecule has 2 aromatic rings. The lowest BCUT2D eigenvalue weighted by Gasteiger charge is -2.33. The van der Waals surface area contributed by atoms with Gasteiger partial charge in [0.25, 0.3) is 5.91 Å². The molecule has 2 amide bonds. The van der Waals surface area contributed by atoms with Gasteiger partial charge in [0.2, 0.25) is 5.78 Å². The highest BCUT2D eigenvalue weighted by Crippen LogP contribution is 2.30. The zero-order chi connectivity index (χ0) is 30.2. The molecule has 0 unspecified atom stereocenters. The molecule has 0 saturated heterocycles. The summed E-state index contributed by atoms with van der Waals surface area (Å²) < 4.78 is 49.4. The molecule has 0 radical (unpaired) electrons. The highest BCUT2D eigenvalue weighted by Gasteiger charge is 2.34. The summed E-state index contributed by atoms with van der Waals surface area (Å²) in [6, 6.07) is 5.32. The molecule has 0 spiro atoms. The van der Waals surface area contributed by atoms with Crippen LogP contribution in [0.2, 0.25) is 0 Å². The van der Waals surface area contributed by atoms with Gasteiger partial charge < -0.3 is 19.9 Å². The second-order valence-electron chi connectivity index (χ2n) is 10.9. The highest BCUT2D eigenvalue weighted by molar-refractivity contribution is 6.38. The lowest BCUT2D eigenvalue weighted by Crippen LogP contribution is -2.50. The predicted molar refractivity (Wildman–Crippen MR) is 144 cm³/mol. The molecule has 3 rings (SSSR count). The van der Waals surface area contributed by atoms with Gasteiger partial charge in [0.05, 0.1) is 30.6 Å². The van der Waals surface area contributed by atoms with E-state index in [1.165, 1.54) is 18.3 Å². The minimum absolute atomic E-state index is 0.0214. The predicted octanol–water partition coefficient (Wildman–Crippen LogP) is 4.69. The van der Waals surface area contributed by atoms with Crippen molar-refractivity contribution >= 4 is 23.5 Å². The van der Waals surface area contributed by atoms with Crippen LogP contribution in [0.3, 0.4) is 0 Å². The van der Waals surface area contributed by atoms with Gasteiger partial charge in [-0.25, -0.2) is 4.79 Å². The van der Waals surface area contributed by atoms with Crippen molar-refractivity contribution in [2.75, 3.05) is 13.1 Å². The molecule has 0 saturated carbocycles. The molecule has 0 fully saturated rings. The van der Waals surface area contributed by atoms with Gasteiger partial charge in [-0.3, -0.25) is 14.6 Å². The zero-order valence-electron chi connectivity index (χ0n) is 23.6. The summed E-state index contributed by atoms with van der Waals surface area (Å²) in [6.45, 7) is 8.29. The number of nitrogens with zero attached hydrogens (tertiary/aromatic N) is 3. The molecular weight excluding hydrogens is 543 g/mol. The minimum atomic E-state index is -4.42. The molecule has 1 aromatic carbocycles. The summed E-state index contributed by atoms with van der Waals surface area (Å²) in [7, 11) is 0. The molecule has 2 atom stereocenters. The fraction of sp³-hybridized carbons (Fsp3) is 0.536. The van der Waals surface area contributed by atoms with E-state index < -0.39 is 47.1 Å². The SMILES string of the molecule is CCCC[C@H](NC(=O)O[C@H](CN1CCC(c2ccc(C(F)(F)F)cc2)=N1)C(C)(C)C)C(=O)C(=O)NCc1ccno1. The van der Waals surface area contributed by atoms with Crippen molar-refractivity contribution in [3.8, 4) is 0 Å². The molecule has 1 aliphatic heterocycles. The average Bonchev–Trinajstić information content (AvgIpc) is 3.60. The van der Waals surface area contributed by atoms with Gasteiger partial charge in [-0.05, 0) is 24.1 Å². The number of Topliss-reactive ketones (excluding diaryl/α,β-unsaturated/α-hetero) is 1. The fourth-order valence-electron chi connectivity index (χ4n) is 4.10. The number of unbranched alkanes of at least 4 members (excludes halogenated alkanes) is 1. The number of hydrazone groups is 1. The third kappa shape index (κ3) is 9.32. The summed E-state index contributed by atoms with van der Waals surface area (Å²) in [5.74, 6) is -1.28. The van der Waals surface area contributed by atoms with Crippen LogP contribution in [-0.4, -0.2) is 58.9 Å². The van der Waals surface area contributed by atoms with E-state index in [4.69, 9.17) is 9.26 Å². The van der Waals surface area contributed by atoms with Gasteiger partial charge in [0, 0.05) is 24.4 Å². The van der Waals surface area contributed by atoms with Crippen LogP contribution in [0.4, 0.5) is 18.0 Å². The summed E-state index contributed by atoms with van der Waals surface area (Å²) in [6.07, 6.45) is -2.36. The molecule has 41 heavy (non-hydrogen) atoms. The van der Waals surface area contributed by atoms with Crippen LogP contribution in [0.15, 0.2) is 46.2 Å². The Balaban J connectivity index is 1.62. The maximum Gasteiger partial charge on any atom is 0.416 e. The number of carbonyl (C=O) groups excluding carboxylic acids is 3. The standard InChI is InChI=1S/C28H36F3N5O5/c1-5-6-7-22(24(37)25(38)32-16-20-12-14-33-41-20)34-26(39)40-23(27(2,3)4)17-36-15-13-21(35-36)18-8-10-19(11-9-18)28(29,30)31/h8-12,14,22-23H,5-7,13,15-17H2,1-4H3,(H,32,38)(H,34,39)/t22-,23+/m0/s1. The van der Waals surface area contributed by atoms with Crippen molar-refractivity contribution in [1.29, 1.82) is 0 Å². The molecule has 2 N–H and O–H groups in total. The first-order valence-electron chi connectivity index (χ1n) is 13.5. The molecular formula is C28H36F3N5O5. The van der Waals surface area contributed by atoms with E-state index in [2.05, 4.69) is 20.9 Å². The quantitative estimate of drug-likeness (QED) is 0.350. The number of alkyl carbamates (subject to hydrolysis) is 1. The number of alkyl halides is 3. The molecule has 10 nitrogen and oxygen atoms in total. The first kappa shape index (κ1) is 31.6. The molecule has 0 aliphatic carbocycles. The number of ketones is 1. The maximum atomic E-state index is 12.9. The number of amides is 2. The highest BCUT2D eigenvalue weighted by atomic mass is 19.4. The molecule has 0 bridgehead atoms. The van der Waals surface area contributed by atoms with Crippen LogP contribution in [0.5, 0.6) is 0 Å². The first-order valence-corrected chi connectivity index (χ1v) is 13.5. The Morgan fingerprint density at radius 3 is 2.41 bits per heavy atom. The molecule has 1 aromatic heterocycles. The van der Waals surface area contributed by atoms with Crippen molar-refractivity contribution in [1.82, 2.24) is 20.8 Å². The van der Waals surface area contributed by atoms with E-state index in [1.807, 2.05) is 27.7 Å². The largest absolute Gasteiger partial charge is 0.444 e. The Hall–Kier alpha value is -3.90. The number of carbonyl (C=O) groups is 3. The lowest BCUT2D eigenvalue weighted by atomic mass is 9.89. The number of hydrogen-bond acceptors (Lipinski definition) is 8. The van der Waals surface area contributed by atoms with E-state index in [-0.39, 0.29) is 19.5 Å². The molecule has 13 heteroatoms. The van der Waals surface area contributed by atoms with Crippen molar-refractivity contribution in [3.05, 3.63) is 53.4 Å². The van der Waals surface area contributed by atoms with Gasteiger partial charge in [0.15, 0.2) is 5.76 Å². The fourth-order valence-corrected chi connectivity index (χ4v) is 4.10. The Morgan fingerprint density at radius 1 is 1.12 bits per heavy atom. The number of aromatic nitrogens is 1. The summed E-state index contributed by atoms with van der Waals surface area (Å²) in [4.78, 5) is 38.2. The van der Waals surface area contributed by atoms with E-state index >= 15 is 0 Å². The number of halogens is 3. The average molecular weight is 580 g/mol. The molecule has 224 valence electrons. The van der Waals surface area contributed by atoms with Crippen molar-refractivity contribution in [3.63, 3.8) is 0 Å². The Morgan fingerprint density at radius 2 is 1.83 bits per heavy atom. The second-order valence-corrected chi connectivity index (χ2v) is 10.9. The van der Waals surface area contributed by atoms with E-state index in [0.717, 1.165) is 18.6 Å². The van der Waals surface area contributed by atoms with Crippen LogP contribution in [0, 0.1) is 5.41 Å². The second kappa shape index (κ2) is 13.6. The normalized spacial score (nSPS) is 15.2. The molecule has 2 heterocycles. The van der Waals surface area contributed by atoms with Gasteiger partial charge >= 0.3 is 12.3 Å². The van der Waals surface area contributed by atoms with Crippen LogP contribution in [0.25, 0.3) is 0 Å². The zero-order valence-corrected chi connectivity index (χ0v) is 23.6. The third-order valence-electron chi connectivity index (χ3n) is 6.60. The van der Waals surface area contributed by atoms with Crippen molar-refractivity contribution in [2.24, 2.45) is 10.5 Å². The maximum absolute atomic E-state index is 12.9. The van der Waals surface area contributed by atoms with Crippen LogP contribution < -0.4 is 10.6 Å². The topological polar surface area (TPSA) is 126 Å². The summed E-state index contributed by atoms with van der Waals surface area (Å²) in [5, 5.41) is 14.8. The van der Waals surface area contributed by atoms with Crippen LogP contribution in [-0.2, 0) is 27.0 Å². The number of benzene rings is 1. The van der Waals surface area contributed by atoms with Gasteiger partial charge in [-0.1, -0.05) is 57.8 Å². The van der Waals surface area contributed by atoms with Crippen LogP contribution in [0.1, 0.15) is 70.3 Å². The van der Waals surface area contributed by atoms with E-state index in [1.54, 1.807) is 11.1 Å². The van der Waals surface area contributed by atoms with Crippen molar-refractivity contribution < 1.29 is 36.8 Å². The Kier molecular flexibility index (Phi) is 10.5. The Labute approximate surface area is 236 Å². The number of ether oxygens (including phenoxy) is 1. The minimum Gasteiger partial charge on any atom is -0.444 e. The van der Waals surface area contributed by atoms with Crippen LogP contribution >= 0.6 is 0 Å². The smallest absolute Gasteiger partial charge is 0.416 e. The third-order valence-corrected chi connectivity index (χ3v) is 6.60.